The van der Waals surface area contributed by atoms with Crippen molar-refractivity contribution >= 4 is 17.5 Å². The van der Waals surface area contributed by atoms with Crippen LogP contribution in [-0.4, -0.2) is 18.4 Å². The van der Waals surface area contributed by atoms with Crippen molar-refractivity contribution in [2.45, 2.75) is 33.6 Å². The van der Waals surface area contributed by atoms with Gasteiger partial charge in [-0.05, 0) is 50.5 Å². The van der Waals surface area contributed by atoms with Crippen LogP contribution in [0.4, 0.5) is 5.69 Å². The van der Waals surface area contributed by atoms with Gasteiger partial charge in [0, 0.05) is 18.7 Å². The van der Waals surface area contributed by atoms with E-state index in [1.165, 1.54) is 11.8 Å². The monoisotopic (exact) mass is 314 g/mol. The van der Waals surface area contributed by atoms with E-state index < -0.39 is 0 Å². The fraction of sp³-hybridized carbons (Fsp3) is 0.333. The second kappa shape index (κ2) is 7.63. The second-order valence-corrected chi connectivity index (χ2v) is 5.66. The Kier molecular flexibility index (Phi) is 5.57. The van der Waals surface area contributed by atoms with Crippen LogP contribution in [0, 0.1) is 20.8 Å². The first-order valence-corrected chi connectivity index (χ1v) is 7.67. The normalized spacial score (nSPS) is 10.4. The summed E-state index contributed by atoms with van der Waals surface area (Å²) < 4.78 is 5.00. The van der Waals surface area contributed by atoms with E-state index in [-0.39, 0.29) is 17.6 Å². The lowest BCUT2D eigenvalue weighted by Gasteiger charge is -2.13. The fourth-order valence-corrected chi connectivity index (χ4v) is 2.52. The maximum absolute atomic E-state index is 12.0. The molecule has 0 atom stereocenters. The van der Waals surface area contributed by atoms with E-state index in [4.69, 9.17) is 4.42 Å². The molecule has 1 heterocycles. The van der Waals surface area contributed by atoms with E-state index >= 15 is 0 Å². The average Bonchev–Trinajstić information content (AvgIpc) is 3.01. The summed E-state index contributed by atoms with van der Waals surface area (Å²) in [5.74, 6) is -0.0340. The Labute approximate surface area is 136 Å². The van der Waals surface area contributed by atoms with Crippen LogP contribution in [0.5, 0.6) is 0 Å². The molecule has 0 aliphatic heterocycles. The molecule has 1 aromatic heterocycles. The third-order valence-electron chi connectivity index (χ3n) is 3.55. The molecule has 0 bridgehead atoms. The van der Waals surface area contributed by atoms with Crippen LogP contribution >= 0.6 is 0 Å². The molecule has 0 saturated heterocycles. The van der Waals surface area contributed by atoms with Crippen LogP contribution in [-0.2, 0) is 4.79 Å². The Bertz CT molecular complexity index is 667. The number of anilines is 1. The van der Waals surface area contributed by atoms with Crippen LogP contribution in [0.15, 0.2) is 34.9 Å². The SMILES string of the molecule is Cc1cc(C)c(NC(=O)CCCNC(=O)c2ccco2)c(C)c1. The van der Waals surface area contributed by atoms with Crippen LogP contribution in [0.3, 0.4) is 0 Å². The standard InChI is InChI=1S/C18H22N2O3/c1-12-10-13(2)17(14(3)11-12)20-16(21)7-4-8-19-18(22)15-6-5-9-23-15/h5-6,9-11H,4,7-8H2,1-3H3,(H,19,22)(H,20,21). The smallest absolute Gasteiger partial charge is 0.286 e. The lowest BCUT2D eigenvalue weighted by molar-refractivity contribution is -0.116. The molecule has 2 aromatic rings. The minimum absolute atomic E-state index is 0.0488. The molecule has 0 fully saturated rings. The zero-order valence-corrected chi connectivity index (χ0v) is 13.7. The molecule has 2 N–H and O–H groups in total. The lowest BCUT2D eigenvalue weighted by Crippen LogP contribution is -2.25. The first-order chi connectivity index (χ1) is 11.0. The van der Waals surface area contributed by atoms with E-state index in [0.29, 0.717) is 19.4 Å². The molecule has 2 rings (SSSR count). The molecule has 0 aliphatic carbocycles. The number of amides is 2. The highest BCUT2D eigenvalue weighted by molar-refractivity contribution is 5.93. The molecule has 23 heavy (non-hydrogen) atoms. The molecule has 2 amide bonds. The van der Waals surface area contributed by atoms with Gasteiger partial charge in [0.2, 0.25) is 5.91 Å². The predicted molar refractivity (Wildman–Crippen MR) is 89.6 cm³/mol. The van der Waals surface area contributed by atoms with Gasteiger partial charge in [-0.15, -0.1) is 0 Å². The van der Waals surface area contributed by atoms with E-state index in [9.17, 15) is 9.59 Å². The van der Waals surface area contributed by atoms with Crippen molar-refractivity contribution in [3.8, 4) is 0 Å². The number of hydrogen-bond acceptors (Lipinski definition) is 3. The van der Waals surface area contributed by atoms with Crippen molar-refractivity contribution in [3.63, 3.8) is 0 Å². The number of carbonyl (C=O) groups is 2. The summed E-state index contributed by atoms with van der Waals surface area (Å²) in [5.41, 5.74) is 4.17. The molecular formula is C18H22N2O3. The van der Waals surface area contributed by atoms with Crippen molar-refractivity contribution in [1.29, 1.82) is 0 Å². The topological polar surface area (TPSA) is 71.3 Å². The predicted octanol–water partition coefficient (Wildman–Crippen LogP) is 3.35. The number of nitrogens with one attached hydrogen (secondary N) is 2. The maximum atomic E-state index is 12.0. The molecule has 122 valence electrons. The van der Waals surface area contributed by atoms with E-state index in [1.807, 2.05) is 32.9 Å². The molecule has 0 spiro atoms. The van der Waals surface area contributed by atoms with Gasteiger partial charge in [0.15, 0.2) is 5.76 Å². The summed E-state index contributed by atoms with van der Waals surface area (Å²) in [5, 5.41) is 5.67. The Morgan fingerprint density at radius 3 is 2.43 bits per heavy atom. The van der Waals surface area contributed by atoms with Gasteiger partial charge in [0.1, 0.15) is 0 Å². The average molecular weight is 314 g/mol. The van der Waals surface area contributed by atoms with Gasteiger partial charge in [0.25, 0.3) is 5.91 Å². The maximum Gasteiger partial charge on any atom is 0.286 e. The van der Waals surface area contributed by atoms with Gasteiger partial charge in [0.05, 0.1) is 6.26 Å². The second-order valence-electron chi connectivity index (χ2n) is 5.66. The fourth-order valence-electron chi connectivity index (χ4n) is 2.52. The molecule has 5 nitrogen and oxygen atoms in total. The van der Waals surface area contributed by atoms with Crippen molar-refractivity contribution in [3.05, 3.63) is 53.0 Å². The third-order valence-corrected chi connectivity index (χ3v) is 3.55. The Hall–Kier alpha value is -2.56. The van der Waals surface area contributed by atoms with E-state index in [0.717, 1.165) is 16.8 Å². The Morgan fingerprint density at radius 2 is 1.83 bits per heavy atom. The number of hydrogen-bond donors (Lipinski definition) is 2. The number of furan rings is 1. The summed E-state index contributed by atoms with van der Waals surface area (Å²) in [7, 11) is 0. The Balaban J connectivity index is 1.77. The summed E-state index contributed by atoms with van der Waals surface area (Å²) in [6.07, 6.45) is 2.38. The first kappa shape index (κ1) is 16.8. The zero-order valence-electron chi connectivity index (χ0n) is 13.7. The molecule has 0 saturated carbocycles. The van der Waals surface area contributed by atoms with E-state index in [1.54, 1.807) is 12.1 Å². The molecule has 5 heteroatoms. The van der Waals surface area contributed by atoms with Gasteiger partial charge in [-0.1, -0.05) is 17.7 Å². The summed E-state index contributed by atoms with van der Waals surface area (Å²) in [6.45, 7) is 6.44. The van der Waals surface area contributed by atoms with Gasteiger partial charge in [-0.25, -0.2) is 0 Å². The van der Waals surface area contributed by atoms with Crippen molar-refractivity contribution in [1.82, 2.24) is 5.32 Å². The number of benzene rings is 1. The molecule has 0 aliphatic rings. The first-order valence-electron chi connectivity index (χ1n) is 7.67. The quantitative estimate of drug-likeness (QED) is 0.803. The highest BCUT2D eigenvalue weighted by Gasteiger charge is 2.10. The number of rotatable bonds is 6. The largest absolute Gasteiger partial charge is 0.459 e. The summed E-state index contributed by atoms with van der Waals surface area (Å²) in [6, 6.07) is 7.36. The van der Waals surface area contributed by atoms with Gasteiger partial charge in [-0.3, -0.25) is 9.59 Å². The minimum atomic E-state index is -0.263. The van der Waals surface area contributed by atoms with E-state index in [2.05, 4.69) is 10.6 Å². The van der Waals surface area contributed by atoms with Crippen molar-refractivity contribution in [2.75, 3.05) is 11.9 Å². The lowest BCUT2D eigenvalue weighted by atomic mass is 10.0. The molecule has 1 aromatic carbocycles. The highest BCUT2D eigenvalue weighted by Crippen LogP contribution is 2.22. The Morgan fingerprint density at radius 1 is 1.13 bits per heavy atom. The number of aryl methyl sites for hydroxylation is 3. The van der Waals surface area contributed by atoms with Crippen molar-refractivity contribution in [2.24, 2.45) is 0 Å². The zero-order chi connectivity index (χ0) is 16.8. The van der Waals surface area contributed by atoms with Crippen LogP contribution in [0.1, 0.15) is 40.1 Å². The third kappa shape index (κ3) is 4.71. The highest BCUT2D eigenvalue weighted by atomic mass is 16.3. The molecule has 0 radical (unpaired) electrons. The number of carbonyl (C=O) groups excluding carboxylic acids is 2. The van der Waals surface area contributed by atoms with Crippen molar-refractivity contribution < 1.29 is 14.0 Å². The van der Waals surface area contributed by atoms with Gasteiger partial charge >= 0.3 is 0 Å². The molecule has 0 unspecified atom stereocenters. The van der Waals surface area contributed by atoms with Crippen LogP contribution < -0.4 is 10.6 Å². The summed E-state index contributed by atoms with van der Waals surface area (Å²) >= 11 is 0. The van der Waals surface area contributed by atoms with Crippen LogP contribution in [0.2, 0.25) is 0 Å². The van der Waals surface area contributed by atoms with Gasteiger partial charge < -0.3 is 15.1 Å². The van der Waals surface area contributed by atoms with Crippen LogP contribution in [0.25, 0.3) is 0 Å². The summed E-state index contributed by atoms with van der Waals surface area (Å²) in [4.78, 5) is 23.7. The minimum Gasteiger partial charge on any atom is -0.459 e. The van der Waals surface area contributed by atoms with Gasteiger partial charge in [-0.2, -0.15) is 0 Å². The molecular weight excluding hydrogens is 292 g/mol.